The average molecular weight is 680 g/mol. The van der Waals surface area contributed by atoms with Crippen molar-refractivity contribution in [1.82, 2.24) is 20.9 Å². The molecule has 0 radical (unpaired) electrons. The Morgan fingerprint density at radius 1 is 0.796 bits per heavy atom. The Labute approximate surface area is 288 Å². The first kappa shape index (κ1) is 39.1. The summed E-state index contributed by atoms with van der Waals surface area (Å²) in [6.45, 7) is 6.06. The van der Waals surface area contributed by atoms with Gasteiger partial charge in [-0.25, -0.2) is 0 Å². The van der Waals surface area contributed by atoms with E-state index in [1.165, 1.54) is 4.90 Å². The third-order valence-electron chi connectivity index (χ3n) is 8.92. The van der Waals surface area contributed by atoms with E-state index in [2.05, 4.69) is 16.0 Å². The van der Waals surface area contributed by atoms with Crippen LogP contribution in [0.4, 0.5) is 0 Å². The van der Waals surface area contributed by atoms with Gasteiger partial charge >= 0.3 is 5.97 Å². The van der Waals surface area contributed by atoms with E-state index in [4.69, 9.17) is 17.2 Å². The maximum Gasteiger partial charge on any atom is 0.323 e. The Morgan fingerprint density at radius 3 is 1.84 bits per heavy atom. The van der Waals surface area contributed by atoms with Gasteiger partial charge < -0.3 is 43.2 Å². The molecule has 0 spiro atoms. The second-order valence-corrected chi connectivity index (χ2v) is 14.0. The molecule has 0 aromatic heterocycles. The molecule has 0 unspecified atom stereocenters. The zero-order valence-electron chi connectivity index (χ0n) is 28.8. The molecule has 10 N–H and O–H groups in total. The molecular formula is C36H53N7O6. The van der Waals surface area contributed by atoms with Crippen molar-refractivity contribution in [2.24, 2.45) is 22.6 Å². The lowest BCUT2D eigenvalue weighted by molar-refractivity contribution is -0.148. The molecule has 1 aliphatic rings. The number of nitrogens with one attached hydrogen (secondary N) is 3. The van der Waals surface area contributed by atoms with Gasteiger partial charge in [-0.1, -0.05) is 81.4 Å². The molecule has 13 heteroatoms. The quantitative estimate of drug-likeness (QED) is 0.125. The molecule has 3 rings (SSSR count). The topological polar surface area (TPSA) is 223 Å². The van der Waals surface area contributed by atoms with Gasteiger partial charge in [0, 0.05) is 19.5 Å². The normalized spacial score (nSPS) is 16.8. The van der Waals surface area contributed by atoms with Crippen molar-refractivity contribution in [2.45, 2.75) is 95.4 Å². The average Bonchev–Trinajstić information content (AvgIpc) is 3.06. The van der Waals surface area contributed by atoms with Crippen molar-refractivity contribution in [2.75, 3.05) is 19.6 Å². The van der Waals surface area contributed by atoms with Crippen LogP contribution in [0.5, 0.6) is 0 Å². The fourth-order valence-electron chi connectivity index (χ4n) is 5.78. The fraction of sp³-hybridized carbons (Fsp3) is 0.528. The summed E-state index contributed by atoms with van der Waals surface area (Å²) in [5.41, 5.74) is 17.4. The number of hydrogen-bond donors (Lipinski definition) is 7. The summed E-state index contributed by atoms with van der Waals surface area (Å²) >= 11 is 0. The summed E-state index contributed by atoms with van der Waals surface area (Å²) in [4.78, 5) is 67.9. The minimum Gasteiger partial charge on any atom is -0.480 e. The Kier molecular flexibility index (Phi) is 14.3. The highest BCUT2D eigenvalue weighted by Gasteiger charge is 2.41. The van der Waals surface area contributed by atoms with Crippen molar-refractivity contribution in [3.05, 3.63) is 71.8 Å². The van der Waals surface area contributed by atoms with Crippen LogP contribution in [0.15, 0.2) is 60.7 Å². The summed E-state index contributed by atoms with van der Waals surface area (Å²) in [7, 11) is 0. The predicted molar refractivity (Wildman–Crippen MR) is 187 cm³/mol. The molecule has 268 valence electrons. The number of nitrogens with zero attached hydrogens (tertiary/aromatic N) is 1. The highest BCUT2D eigenvalue weighted by Crippen LogP contribution is 2.23. The third kappa shape index (κ3) is 11.7. The van der Waals surface area contributed by atoms with Crippen LogP contribution in [0.25, 0.3) is 0 Å². The third-order valence-corrected chi connectivity index (χ3v) is 8.92. The maximum atomic E-state index is 13.9. The summed E-state index contributed by atoms with van der Waals surface area (Å²) in [6.07, 6.45) is 2.11. The van der Waals surface area contributed by atoms with Gasteiger partial charge in [-0.15, -0.1) is 0 Å². The molecule has 1 aliphatic heterocycles. The highest BCUT2D eigenvalue weighted by molar-refractivity contribution is 5.95. The largest absolute Gasteiger partial charge is 0.480 e. The Bertz CT molecular complexity index is 1410. The summed E-state index contributed by atoms with van der Waals surface area (Å²) in [5, 5.41) is 18.0. The Balaban J connectivity index is 1.78. The second-order valence-electron chi connectivity index (χ2n) is 14.0. The number of benzene rings is 2. The van der Waals surface area contributed by atoms with Gasteiger partial charge in [0.15, 0.2) is 0 Å². The molecular weight excluding hydrogens is 626 g/mol. The van der Waals surface area contributed by atoms with Crippen molar-refractivity contribution in [3.63, 3.8) is 0 Å². The molecule has 0 bridgehead atoms. The van der Waals surface area contributed by atoms with E-state index in [1.807, 2.05) is 60.7 Å². The smallest absolute Gasteiger partial charge is 0.323 e. The standard InChI is InChI=1S/C36H53N7O6/c1-35(2,3)29(32(46)40-27(16-10-11-19-37)33(47)43-20-17-36(39,18-21-43)34(48)49)42-31(45)28(23-25-14-8-5-9-15-25)41-30(44)26(38)22-24-12-6-4-7-13-24/h4-9,12-15,26-29H,10-11,16-23,37-39H2,1-3H3,(H,40,46)(H,41,44)(H,42,45)(H,48,49)/t26-,27-,28-,29+/m1/s1. The first-order valence-corrected chi connectivity index (χ1v) is 16.9. The van der Waals surface area contributed by atoms with Crippen LogP contribution < -0.4 is 33.2 Å². The SMILES string of the molecule is CC(C)(C)[C@@H](NC(=O)[C@@H](Cc1ccccc1)NC(=O)[C@H](N)Cc1ccccc1)C(=O)N[C@H](CCCCN)C(=O)N1CCC(N)(C(=O)O)CC1. The van der Waals surface area contributed by atoms with E-state index in [9.17, 15) is 29.1 Å². The number of rotatable bonds is 16. The summed E-state index contributed by atoms with van der Waals surface area (Å²) in [5.74, 6) is -3.11. The van der Waals surface area contributed by atoms with Crippen molar-refractivity contribution in [1.29, 1.82) is 0 Å². The van der Waals surface area contributed by atoms with Crippen molar-refractivity contribution in [3.8, 4) is 0 Å². The molecule has 4 atom stereocenters. The van der Waals surface area contributed by atoms with E-state index in [-0.39, 0.29) is 44.7 Å². The van der Waals surface area contributed by atoms with Crippen molar-refractivity contribution >= 4 is 29.6 Å². The molecule has 2 aromatic carbocycles. The van der Waals surface area contributed by atoms with Gasteiger partial charge in [-0.3, -0.25) is 24.0 Å². The number of nitrogens with two attached hydrogens (primary N) is 3. The van der Waals surface area contributed by atoms with Crippen LogP contribution in [0.1, 0.15) is 64.0 Å². The van der Waals surface area contributed by atoms with E-state index in [1.54, 1.807) is 20.8 Å². The lowest BCUT2D eigenvalue weighted by atomic mass is 9.85. The molecule has 0 saturated carbocycles. The van der Waals surface area contributed by atoms with Crippen LogP contribution >= 0.6 is 0 Å². The number of piperidine rings is 1. The van der Waals surface area contributed by atoms with Gasteiger partial charge in [0.2, 0.25) is 23.6 Å². The number of unbranched alkanes of at least 4 members (excludes halogenated alkanes) is 1. The number of carbonyl (C=O) groups is 5. The van der Waals surface area contributed by atoms with Crippen LogP contribution in [0.3, 0.4) is 0 Å². The number of carboxylic acids is 1. The zero-order valence-corrected chi connectivity index (χ0v) is 28.8. The number of amides is 4. The van der Waals surface area contributed by atoms with Gasteiger partial charge in [-0.2, -0.15) is 0 Å². The minimum atomic E-state index is -1.41. The molecule has 13 nitrogen and oxygen atoms in total. The summed E-state index contributed by atoms with van der Waals surface area (Å²) < 4.78 is 0. The first-order valence-electron chi connectivity index (χ1n) is 16.9. The molecule has 2 aromatic rings. The monoisotopic (exact) mass is 679 g/mol. The number of aliphatic carboxylic acids is 1. The van der Waals surface area contributed by atoms with Crippen molar-refractivity contribution < 1.29 is 29.1 Å². The molecule has 1 fully saturated rings. The maximum absolute atomic E-state index is 13.9. The lowest BCUT2D eigenvalue weighted by Crippen LogP contribution is -2.62. The molecule has 4 amide bonds. The van der Waals surface area contributed by atoms with Crippen LogP contribution in [0, 0.1) is 5.41 Å². The van der Waals surface area contributed by atoms with Gasteiger partial charge in [0.05, 0.1) is 6.04 Å². The molecule has 1 heterocycles. The number of likely N-dealkylation sites (tertiary alicyclic amines) is 1. The Hall–Kier alpha value is -4.33. The molecule has 49 heavy (non-hydrogen) atoms. The van der Waals surface area contributed by atoms with E-state index >= 15 is 0 Å². The fourth-order valence-corrected chi connectivity index (χ4v) is 5.78. The number of carbonyl (C=O) groups excluding carboxylic acids is 4. The van der Waals surface area contributed by atoms with E-state index in [0.717, 1.165) is 11.1 Å². The predicted octanol–water partition coefficient (Wildman–Crippen LogP) is 0.833. The van der Waals surface area contributed by atoms with Crippen LogP contribution in [-0.2, 0) is 36.8 Å². The lowest BCUT2D eigenvalue weighted by Gasteiger charge is -2.38. The number of carboxylic acid groups (broad SMARTS) is 1. The Morgan fingerprint density at radius 2 is 1.33 bits per heavy atom. The van der Waals surface area contributed by atoms with E-state index < -0.39 is 58.8 Å². The highest BCUT2D eigenvalue weighted by atomic mass is 16.4. The molecule has 1 saturated heterocycles. The first-order chi connectivity index (χ1) is 23.1. The summed E-state index contributed by atoms with van der Waals surface area (Å²) in [6, 6.07) is 14.6. The number of hydrogen-bond acceptors (Lipinski definition) is 8. The van der Waals surface area contributed by atoms with Gasteiger partial charge in [0.25, 0.3) is 0 Å². The van der Waals surface area contributed by atoms with Gasteiger partial charge in [0.1, 0.15) is 23.7 Å². The van der Waals surface area contributed by atoms with Crippen LogP contribution in [0.2, 0.25) is 0 Å². The van der Waals surface area contributed by atoms with Crippen LogP contribution in [-0.4, -0.2) is 88.9 Å². The minimum absolute atomic E-state index is 0.0851. The van der Waals surface area contributed by atoms with Gasteiger partial charge in [-0.05, 0) is 61.6 Å². The molecule has 0 aliphatic carbocycles. The second kappa shape index (κ2) is 17.9. The van der Waals surface area contributed by atoms with E-state index in [0.29, 0.717) is 25.8 Å². The zero-order chi connectivity index (χ0) is 36.2.